The van der Waals surface area contributed by atoms with Crippen LogP contribution in [-0.4, -0.2) is 24.0 Å². The smallest absolute Gasteiger partial charge is 0.0346 e. The summed E-state index contributed by atoms with van der Waals surface area (Å²) in [6, 6.07) is 9.22. The van der Waals surface area contributed by atoms with Gasteiger partial charge in [0, 0.05) is 11.7 Å². The summed E-state index contributed by atoms with van der Waals surface area (Å²) in [5.74, 6) is 0.999. The molecule has 0 unspecified atom stereocenters. The highest BCUT2D eigenvalue weighted by Crippen LogP contribution is 2.35. The molecule has 1 aromatic carbocycles. The molecule has 2 atom stereocenters. The first-order valence-electron chi connectivity index (χ1n) is 8.42. The van der Waals surface area contributed by atoms with Gasteiger partial charge in [-0.25, -0.2) is 0 Å². The average molecular weight is 272 g/mol. The molecule has 2 nitrogen and oxygen atoms in total. The highest BCUT2D eigenvalue weighted by Gasteiger charge is 2.32. The van der Waals surface area contributed by atoms with Crippen LogP contribution in [0.3, 0.4) is 0 Å². The number of rotatable bonds is 4. The minimum atomic E-state index is 0.894. The molecular formula is C18H28N2. The molecule has 110 valence electrons. The van der Waals surface area contributed by atoms with Crippen LogP contribution >= 0.6 is 0 Å². The molecule has 0 radical (unpaired) electrons. The van der Waals surface area contributed by atoms with Gasteiger partial charge in [-0.15, -0.1) is 0 Å². The van der Waals surface area contributed by atoms with Crippen LogP contribution in [0, 0.1) is 5.92 Å². The number of nitrogens with two attached hydrogens (primary N) is 1. The minimum absolute atomic E-state index is 0.894. The van der Waals surface area contributed by atoms with Crippen molar-refractivity contribution in [3.63, 3.8) is 0 Å². The third-order valence-corrected chi connectivity index (χ3v) is 5.30. The molecule has 0 aromatic heterocycles. The average Bonchev–Trinajstić information content (AvgIpc) is 2.49. The van der Waals surface area contributed by atoms with E-state index < -0.39 is 0 Å². The van der Waals surface area contributed by atoms with Crippen molar-refractivity contribution >= 4 is 5.69 Å². The molecule has 1 aliphatic carbocycles. The van der Waals surface area contributed by atoms with Crippen LogP contribution in [0.1, 0.15) is 50.5 Å². The highest BCUT2D eigenvalue weighted by molar-refractivity contribution is 5.46. The first-order valence-corrected chi connectivity index (χ1v) is 8.42. The van der Waals surface area contributed by atoms with E-state index in [-0.39, 0.29) is 0 Å². The van der Waals surface area contributed by atoms with Crippen molar-refractivity contribution in [2.24, 2.45) is 5.92 Å². The van der Waals surface area contributed by atoms with E-state index in [0.29, 0.717) is 0 Å². The Morgan fingerprint density at radius 1 is 1.05 bits per heavy atom. The first-order chi connectivity index (χ1) is 9.84. The Balaban J connectivity index is 1.51. The Hall–Kier alpha value is -1.02. The lowest BCUT2D eigenvalue weighted by Crippen LogP contribution is -2.47. The Kier molecular flexibility index (Phi) is 4.62. The van der Waals surface area contributed by atoms with Gasteiger partial charge in [-0.2, -0.15) is 0 Å². The lowest BCUT2D eigenvalue weighted by molar-refractivity contribution is 0.0602. The SMILES string of the molecule is Nc1ccccc1CCCN1CCC[C@H]2CCCC[C@H]21. The van der Waals surface area contributed by atoms with Gasteiger partial charge >= 0.3 is 0 Å². The largest absolute Gasteiger partial charge is 0.399 e. The zero-order valence-electron chi connectivity index (χ0n) is 12.6. The van der Waals surface area contributed by atoms with Crippen LogP contribution in [0.4, 0.5) is 5.69 Å². The van der Waals surface area contributed by atoms with Crippen molar-refractivity contribution < 1.29 is 0 Å². The van der Waals surface area contributed by atoms with E-state index in [2.05, 4.69) is 17.0 Å². The second kappa shape index (κ2) is 6.62. The number of aryl methyl sites for hydroxylation is 1. The van der Waals surface area contributed by atoms with Crippen molar-refractivity contribution in [1.82, 2.24) is 4.90 Å². The number of likely N-dealkylation sites (tertiary alicyclic amines) is 1. The summed E-state index contributed by atoms with van der Waals surface area (Å²) < 4.78 is 0. The van der Waals surface area contributed by atoms with Gasteiger partial charge in [0.05, 0.1) is 0 Å². The maximum Gasteiger partial charge on any atom is 0.0346 e. The highest BCUT2D eigenvalue weighted by atomic mass is 15.2. The Labute approximate surface area is 123 Å². The second-order valence-electron chi connectivity index (χ2n) is 6.59. The molecule has 1 heterocycles. The molecule has 0 amide bonds. The van der Waals surface area contributed by atoms with Gasteiger partial charge in [0.1, 0.15) is 0 Å². The maximum atomic E-state index is 6.03. The summed E-state index contributed by atoms with van der Waals surface area (Å²) in [6.45, 7) is 2.58. The number of hydrogen-bond donors (Lipinski definition) is 1. The molecule has 1 aromatic rings. The Bertz CT molecular complexity index is 427. The molecule has 1 saturated carbocycles. The van der Waals surface area contributed by atoms with Crippen LogP contribution in [0.5, 0.6) is 0 Å². The summed E-state index contributed by atoms with van der Waals surface area (Å²) in [4.78, 5) is 2.78. The third kappa shape index (κ3) is 3.17. The summed E-state index contributed by atoms with van der Waals surface area (Å²) in [5, 5.41) is 0. The quantitative estimate of drug-likeness (QED) is 0.843. The monoisotopic (exact) mass is 272 g/mol. The summed E-state index contributed by atoms with van der Waals surface area (Å²) in [6.07, 6.45) is 11.1. The number of nitrogens with zero attached hydrogens (tertiary/aromatic N) is 1. The summed E-state index contributed by atoms with van der Waals surface area (Å²) in [5.41, 5.74) is 8.32. The van der Waals surface area contributed by atoms with Crippen molar-refractivity contribution in [2.75, 3.05) is 18.8 Å². The summed E-state index contributed by atoms with van der Waals surface area (Å²) in [7, 11) is 0. The fourth-order valence-corrected chi connectivity index (χ4v) is 4.24. The van der Waals surface area contributed by atoms with E-state index in [0.717, 1.165) is 24.1 Å². The zero-order valence-corrected chi connectivity index (χ0v) is 12.6. The number of anilines is 1. The predicted molar refractivity (Wildman–Crippen MR) is 85.7 cm³/mol. The normalized spacial score (nSPS) is 27.2. The van der Waals surface area contributed by atoms with Gasteiger partial charge in [-0.3, -0.25) is 0 Å². The lowest BCUT2D eigenvalue weighted by Gasteiger charge is -2.44. The minimum Gasteiger partial charge on any atom is -0.399 e. The molecule has 1 saturated heterocycles. The standard InChI is InChI=1S/C18H28N2/c19-17-11-3-1-7-15(17)9-5-13-20-14-6-10-16-8-2-4-12-18(16)20/h1,3,7,11,16,18H,2,4-6,8-10,12-14,19H2/t16-,18-/m1/s1. The molecule has 2 heteroatoms. The summed E-state index contributed by atoms with van der Waals surface area (Å²) >= 11 is 0. The number of nitrogen functional groups attached to an aromatic ring is 1. The topological polar surface area (TPSA) is 29.3 Å². The third-order valence-electron chi connectivity index (χ3n) is 5.30. The van der Waals surface area contributed by atoms with Crippen molar-refractivity contribution in [3.8, 4) is 0 Å². The van der Waals surface area contributed by atoms with Crippen LogP contribution in [0.15, 0.2) is 24.3 Å². The van der Waals surface area contributed by atoms with Gasteiger partial charge in [0.2, 0.25) is 0 Å². The fraction of sp³-hybridized carbons (Fsp3) is 0.667. The molecule has 20 heavy (non-hydrogen) atoms. The van der Waals surface area contributed by atoms with Gasteiger partial charge in [0.15, 0.2) is 0 Å². The van der Waals surface area contributed by atoms with Gasteiger partial charge in [0.25, 0.3) is 0 Å². The van der Waals surface area contributed by atoms with Crippen LogP contribution < -0.4 is 5.73 Å². The van der Waals surface area contributed by atoms with Crippen LogP contribution in [0.25, 0.3) is 0 Å². The molecule has 0 spiro atoms. The van der Waals surface area contributed by atoms with Gasteiger partial charge in [-0.05, 0) is 69.2 Å². The van der Waals surface area contributed by atoms with Gasteiger partial charge in [-0.1, -0.05) is 31.0 Å². The van der Waals surface area contributed by atoms with Crippen molar-refractivity contribution in [2.45, 2.75) is 57.4 Å². The van der Waals surface area contributed by atoms with Crippen LogP contribution in [0.2, 0.25) is 0 Å². The van der Waals surface area contributed by atoms with E-state index in [1.54, 1.807) is 0 Å². The second-order valence-corrected chi connectivity index (χ2v) is 6.59. The molecule has 2 aliphatic rings. The number of hydrogen-bond acceptors (Lipinski definition) is 2. The van der Waals surface area contributed by atoms with E-state index in [9.17, 15) is 0 Å². The van der Waals surface area contributed by atoms with Crippen molar-refractivity contribution in [3.05, 3.63) is 29.8 Å². The van der Waals surface area contributed by atoms with E-state index >= 15 is 0 Å². The van der Waals surface area contributed by atoms with E-state index in [4.69, 9.17) is 5.73 Å². The lowest BCUT2D eigenvalue weighted by atomic mass is 9.78. The number of fused-ring (bicyclic) bond motifs is 1. The number of benzene rings is 1. The predicted octanol–water partition coefficient (Wildman–Crippen LogP) is 3.86. The molecule has 2 N–H and O–H groups in total. The number of para-hydroxylation sites is 1. The maximum absolute atomic E-state index is 6.03. The first kappa shape index (κ1) is 13.9. The fourth-order valence-electron chi connectivity index (χ4n) is 4.24. The molecular weight excluding hydrogens is 244 g/mol. The van der Waals surface area contributed by atoms with E-state index in [1.165, 1.54) is 63.6 Å². The van der Waals surface area contributed by atoms with Crippen molar-refractivity contribution in [1.29, 1.82) is 0 Å². The molecule has 1 aliphatic heterocycles. The number of piperidine rings is 1. The van der Waals surface area contributed by atoms with Gasteiger partial charge < -0.3 is 10.6 Å². The molecule has 0 bridgehead atoms. The Morgan fingerprint density at radius 2 is 1.85 bits per heavy atom. The van der Waals surface area contributed by atoms with Crippen LogP contribution in [-0.2, 0) is 6.42 Å². The Morgan fingerprint density at radius 3 is 2.75 bits per heavy atom. The van der Waals surface area contributed by atoms with E-state index in [1.807, 2.05) is 12.1 Å². The molecule has 3 rings (SSSR count). The molecule has 2 fully saturated rings. The zero-order chi connectivity index (χ0) is 13.8.